The summed E-state index contributed by atoms with van der Waals surface area (Å²) in [6.45, 7) is -2.46. The molecule has 6 heteroatoms. The highest BCUT2D eigenvalue weighted by atomic mass is 19.3. The average molecular weight is 265 g/mol. The van der Waals surface area contributed by atoms with Crippen LogP contribution < -0.4 is 0 Å². The van der Waals surface area contributed by atoms with E-state index in [2.05, 4.69) is 4.98 Å². The van der Waals surface area contributed by atoms with Crippen molar-refractivity contribution in [2.24, 2.45) is 0 Å². The molecule has 2 heterocycles. The number of aromatic nitrogens is 3. The first-order valence-corrected chi connectivity index (χ1v) is 5.69. The zero-order valence-corrected chi connectivity index (χ0v) is 9.80. The second kappa shape index (κ2) is 4.46. The monoisotopic (exact) mass is 265 g/mol. The first-order chi connectivity index (χ1) is 9.15. The van der Waals surface area contributed by atoms with Gasteiger partial charge in [-0.05, 0) is 29.7 Å². The molecule has 1 aromatic carbocycles. The number of imidazole rings is 1. The molecule has 3 rings (SSSR count). The number of fused-ring (bicyclic) bond motifs is 1. The smallest absolute Gasteiger partial charge is 0.319 e. The van der Waals surface area contributed by atoms with Crippen LogP contribution in [0.5, 0.6) is 0 Å². The number of hydrogen-bond acceptors (Lipinski definition) is 1. The van der Waals surface area contributed by atoms with Crippen molar-refractivity contribution in [1.82, 2.24) is 14.1 Å². The van der Waals surface area contributed by atoms with Crippen molar-refractivity contribution < 1.29 is 13.2 Å². The van der Waals surface area contributed by atoms with E-state index in [1.807, 2.05) is 6.07 Å². The lowest BCUT2D eigenvalue weighted by atomic mass is 10.2. The second-order valence-corrected chi connectivity index (χ2v) is 4.18. The van der Waals surface area contributed by atoms with Gasteiger partial charge in [0.1, 0.15) is 11.6 Å². The third-order valence-corrected chi connectivity index (χ3v) is 3.01. The molecule has 3 aromatic rings. The van der Waals surface area contributed by atoms with Crippen molar-refractivity contribution in [3.05, 3.63) is 54.5 Å². The van der Waals surface area contributed by atoms with Crippen LogP contribution in [-0.2, 0) is 6.54 Å². The van der Waals surface area contributed by atoms with Crippen LogP contribution >= 0.6 is 0 Å². The molecular formula is C13H10F3N3. The Bertz CT molecular complexity index is 715. The van der Waals surface area contributed by atoms with Crippen LogP contribution in [0.25, 0.3) is 10.9 Å². The van der Waals surface area contributed by atoms with E-state index in [0.717, 1.165) is 9.95 Å². The first kappa shape index (κ1) is 11.8. The van der Waals surface area contributed by atoms with Crippen molar-refractivity contribution in [2.45, 2.75) is 13.1 Å². The molecule has 0 unspecified atom stereocenters. The minimum Gasteiger partial charge on any atom is -0.340 e. The summed E-state index contributed by atoms with van der Waals surface area (Å²) in [6, 6.07) is 6.21. The SMILES string of the molecule is Fc1ccc2ccn(Cc3nccn3C(F)F)c2c1. The topological polar surface area (TPSA) is 22.8 Å². The van der Waals surface area contributed by atoms with E-state index in [9.17, 15) is 13.2 Å². The summed E-state index contributed by atoms with van der Waals surface area (Å²) in [4.78, 5) is 3.91. The quantitative estimate of drug-likeness (QED) is 0.711. The highest BCUT2D eigenvalue weighted by molar-refractivity contribution is 5.80. The molecule has 0 aliphatic heterocycles. The molecule has 3 nitrogen and oxygen atoms in total. The molecule has 2 aromatic heterocycles. The maximum absolute atomic E-state index is 13.2. The molecule has 0 saturated carbocycles. The third-order valence-electron chi connectivity index (χ3n) is 3.01. The highest BCUT2D eigenvalue weighted by Crippen LogP contribution is 2.19. The molecule has 0 fully saturated rings. The Morgan fingerprint density at radius 1 is 1.16 bits per heavy atom. The van der Waals surface area contributed by atoms with Crippen molar-refractivity contribution in [3.8, 4) is 0 Å². The molecule has 0 radical (unpaired) electrons. The van der Waals surface area contributed by atoms with Crippen molar-refractivity contribution in [1.29, 1.82) is 0 Å². The van der Waals surface area contributed by atoms with Gasteiger partial charge in [0.25, 0.3) is 0 Å². The van der Waals surface area contributed by atoms with Gasteiger partial charge in [-0.1, -0.05) is 0 Å². The minimum atomic E-state index is -2.63. The van der Waals surface area contributed by atoms with Crippen LogP contribution in [-0.4, -0.2) is 14.1 Å². The molecule has 19 heavy (non-hydrogen) atoms. The van der Waals surface area contributed by atoms with Gasteiger partial charge in [0.05, 0.1) is 12.1 Å². The van der Waals surface area contributed by atoms with Crippen LogP contribution in [0.2, 0.25) is 0 Å². The number of halogens is 3. The van der Waals surface area contributed by atoms with Gasteiger partial charge in [-0.3, -0.25) is 4.57 Å². The average Bonchev–Trinajstić information content (AvgIpc) is 2.97. The predicted octanol–water partition coefficient (Wildman–Crippen LogP) is 3.42. The van der Waals surface area contributed by atoms with Crippen LogP contribution in [0.4, 0.5) is 13.2 Å². The Labute approximate surface area is 106 Å². The first-order valence-electron chi connectivity index (χ1n) is 5.69. The molecule has 0 amide bonds. The zero-order valence-electron chi connectivity index (χ0n) is 9.80. The van der Waals surface area contributed by atoms with Crippen molar-refractivity contribution in [3.63, 3.8) is 0 Å². The van der Waals surface area contributed by atoms with Gasteiger partial charge in [-0.15, -0.1) is 0 Å². The number of hydrogen-bond donors (Lipinski definition) is 0. The van der Waals surface area contributed by atoms with Crippen LogP contribution in [0.1, 0.15) is 12.4 Å². The van der Waals surface area contributed by atoms with Gasteiger partial charge < -0.3 is 4.57 Å². The Morgan fingerprint density at radius 3 is 2.79 bits per heavy atom. The maximum atomic E-state index is 13.2. The van der Waals surface area contributed by atoms with Crippen LogP contribution in [0.15, 0.2) is 42.9 Å². The lowest BCUT2D eigenvalue weighted by molar-refractivity contribution is 0.0667. The van der Waals surface area contributed by atoms with Gasteiger partial charge in [0, 0.05) is 18.6 Å². The number of nitrogens with zero attached hydrogens (tertiary/aromatic N) is 3. The number of benzene rings is 1. The molecule has 0 spiro atoms. The van der Waals surface area contributed by atoms with Crippen LogP contribution in [0, 0.1) is 5.82 Å². The molecule has 0 atom stereocenters. The van der Waals surface area contributed by atoms with Gasteiger partial charge in [-0.2, -0.15) is 8.78 Å². The van der Waals surface area contributed by atoms with E-state index >= 15 is 0 Å². The third kappa shape index (κ3) is 2.09. The van der Waals surface area contributed by atoms with E-state index in [1.54, 1.807) is 16.8 Å². The molecule has 0 bridgehead atoms. The van der Waals surface area contributed by atoms with Gasteiger partial charge in [-0.25, -0.2) is 9.37 Å². The summed E-state index contributed by atoms with van der Waals surface area (Å²) in [5.74, 6) is -0.124. The molecule has 0 aliphatic carbocycles. The largest absolute Gasteiger partial charge is 0.340 e. The Kier molecular flexibility index (Phi) is 2.77. The van der Waals surface area contributed by atoms with Crippen molar-refractivity contribution >= 4 is 10.9 Å². The molecule has 0 aliphatic rings. The summed E-state index contributed by atoms with van der Waals surface area (Å²) in [7, 11) is 0. The molecule has 0 saturated heterocycles. The standard InChI is InChI=1S/C13H10F3N3/c14-10-2-1-9-3-5-18(11(9)7-10)8-12-17-4-6-19(12)13(15)16/h1-7,13H,8H2. The Morgan fingerprint density at radius 2 is 2.00 bits per heavy atom. The fraction of sp³-hybridized carbons (Fsp3) is 0.154. The van der Waals surface area contributed by atoms with Gasteiger partial charge in [0.15, 0.2) is 0 Å². The number of alkyl halides is 2. The summed E-state index contributed by atoms with van der Waals surface area (Å²) in [5, 5.41) is 0.858. The summed E-state index contributed by atoms with van der Waals surface area (Å²) < 4.78 is 41.2. The molecular weight excluding hydrogens is 255 g/mol. The molecule has 98 valence electrons. The number of rotatable bonds is 3. The molecule has 0 N–H and O–H groups in total. The lowest BCUT2D eigenvalue weighted by Gasteiger charge is -2.08. The fourth-order valence-corrected chi connectivity index (χ4v) is 2.09. The Hall–Kier alpha value is -2.24. The second-order valence-electron chi connectivity index (χ2n) is 4.18. The van der Waals surface area contributed by atoms with Crippen LogP contribution in [0.3, 0.4) is 0 Å². The fourth-order valence-electron chi connectivity index (χ4n) is 2.09. The van der Waals surface area contributed by atoms with E-state index in [4.69, 9.17) is 0 Å². The van der Waals surface area contributed by atoms with E-state index in [0.29, 0.717) is 5.52 Å². The summed E-state index contributed by atoms with van der Waals surface area (Å²) >= 11 is 0. The lowest BCUT2D eigenvalue weighted by Crippen LogP contribution is -2.08. The predicted molar refractivity (Wildman–Crippen MR) is 64.5 cm³/mol. The van der Waals surface area contributed by atoms with E-state index in [-0.39, 0.29) is 18.2 Å². The summed E-state index contributed by atoms with van der Waals surface area (Å²) in [6.07, 6.45) is 4.29. The van der Waals surface area contributed by atoms with Gasteiger partial charge in [0.2, 0.25) is 0 Å². The zero-order chi connectivity index (χ0) is 13.4. The van der Waals surface area contributed by atoms with Gasteiger partial charge >= 0.3 is 6.55 Å². The summed E-state index contributed by atoms with van der Waals surface area (Å²) in [5.41, 5.74) is 0.656. The normalized spacial score (nSPS) is 11.6. The van der Waals surface area contributed by atoms with E-state index < -0.39 is 6.55 Å². The van der Waals surface area contributed by atoms with E-state index in [1.165, 1.54) is 24.5 Å². The Balaban J connectivity index is 2.01. The van der Waals surface area contributed by atoms with Crippen molar-refractivity contribution in [2.75, 3.05) is 0 Å². The highest BCUT2D eigenvalue weighted by Gasteiger charge is 2.12. The minimum absolute atomic E-state index is 0.171. The maximum Gasteiger partial charge on any atom is 0.319 e.